The van der Waals surface area contributed by atoms with Gasteiger partial charge in [-0.1, -0.05) is 0 Å². The quantitative estimate of drug-likeness (QED) is 0.786. The Morgan fingerprint density at radius 2 is 2.09 bits per heavy atom. The summed E-state index contributed by atoms with van der Waals surface area (Å²) in [5.74, 6) is 1.08. The Bertz CT molecular complexity index is 501. The van der Waals surface area contributed by atoms with Gasteiger partial charge in [0.1, 0.15) is 5.60 Å². The minimum Gasteiger partial charge on any atom is -0.441 e. The Morgan fingerprint density at radius 1 is 1.30 bits per heavy atom. The maximum Gasteiger partial charge on any atom is 0.410 e. The van der Waals surface area contributed by atoms with Crippen LogP contribution in [-0.4, -0.2) is 77.6 Å². The van der Waals surface area contributed by atoms with Crippen LogP contribution >= 0.6 is 0 Å². The first-order valence-electron chi connectivity index (χ1n) is 9.08. The summed E-state index contributed by atoms with van der Waals surface area (Å²) >= 11 is 0. The number of piperidine rings is 2. The Labute approximate surface area is 137 Å². The molecule has 6 nitrogen and oxygen atoms in total. The van der Waals surface area contributed by atoms with Crippen LogP contribution < -0.4 is 0 Å². The van der Waals surface area contributed by atoms with Gasteiger partial charge in [0.2, 0.25) is 5.91 Å². The number of rotatable bonds is 3. The fourth-order valence-electron chi connectivity index (χ4n) is 4.85. The average molecular weight is 321 g/mol. The van der Waals surface area contributed by atoms with Crippen molar-refractivity contribution in [3.05, 3.63) is 0 Å². The molecular weight excluding hydrogens is 294 g/mol. The van der Waals surface area contributed by atoms with Gasteiger partial charge in [-0.3, -0.25) is 9.69 Å². The Balaban J connectivity index is 1.30. The molecule has 3 aliphatic heterocycles. The van der Waals surface area contributed by atoms with Crippen molar-refractivity contribution >= 4 is 12.0 Å². The lowest BCUT2D eigenvalue weighted by atomic mass is 9.91. The van der Waals surface area contributed by atoms with Crippen molar-refractivity contribution in [3.63, 3.8) is 0 Å². The van der Waals surface area contributed by atoms with Crippen LogP contribution in [0.5, 0.6) is 0 Å². The third-order valence-electron chi connectivity index (χ3n) is 6.31. The molecule has 1 spiro atoms. The van der Waals surface area contributed by atoms with E-state index in [4.69, 9.17) is 4.74 Å². The van der Waals surface area contributed by atoms with Gasteiger partial charge in [0, 0.05) is 45.1 Å². The van der Waals surface area contributed by atoms with Gasteiger partial charge < -0.3 is 14.5 Å². The molecule has 3 heterocycles. The molecule has 1 saturated carbocycles. The Hall–Kier alpha value is -1.30. The maximum atomic E-state index is 12.6. The highest BCUT2D eigenvalue weighted by Gasteiger charge is 2.47. The van der Waals surface area contributed by atoms with Crippen LogP contribution in [0.25, 0.3) is 0 Å². The maximum absolute atomic E-state index is 12.6. The molecule has 0 N–H and O–H groups in total. The standard InChI is InChI=1S/C17H27N3O3/c1-2-18-12-17(23-16(18)22)5-7-19(8-6-17)15(21)11-20-10-13-3-4-14(20)9-13/h13-14H,2-12H2,1H3/t13-,14+/m1/s1. The second-order valence-corrected chi connectivity index (χ2v) is 7.71. The van der Waals surface area contributed by atoms with E-state index in [2.05, 4.69) is 4.90 Å². The number of likely N-dealkylation sites (tertiary alicyclic amines) is 2. The van der Waals surface area contributed by atoms with Crippen LogP contribution in [0.3, 0.4) is 0 Å². The molecule has 4 aliphatic rings. The monoisotopic (exact) mass is 321 g/mol. The summed E-state index contributed by atoms with van der Waals surface area (Å²) in [6.45, 7) is 6.47. The van der Waals surface area contributed by atoms with Crippen molar-refractivity contribution in [2.75, 3.05) is 39.3 Å². The third kappa shape index (κ3) is 2.71. The van der Waals surface area contributed by atoms with Crippen molar-refractivity contribution in [1.29, 1.82) is 0 Å². The normalized spacial score (nSPS) is 32.8. The van der Waals surface area contributed by atoms with E-state index in [1.807, 2.05) is 11.8 Å². The third-order valence-corrected chi connectivity index (χ3v) is 6.31. The van der Waals surface area contributed by atoms with Crippen LogP contribution in [0.2, 0.25) is 0 Å². The van der Waals surface area contributed by atoms with Crippen LogP contribution in [0.1, 0.15) is 39.0 Å². The molecule has 4 fully saturated rings. The number of hydrogen-bond donors (Lipinski definition) is 0. The van der Waals surface area contributed by atoms with Crippen molar-refractivity contribution in [3.8, 4) is 0 Å². The first-order chi connectivity index (χ1) is 11.1. The molecule has 3 saturated heterocycles. The Morgan fingerprint density at radius 3 is 2.65 bits per heavy atom. The van der Waals surface area contributed by atoms with Crippen LogP contribution in [-0.2, 0) is 9.53 Å². The zero-order valence-electron chi connectivity index (χ0n) is 14.0. The summed E-state index contributed by atoms with van der Waals surface area (Å²) in [4.78, 5) is 30.5. The smallest absolute Gasteiger partial charge is 0.410 e. The predicted molar refractivity (Wildman–Crippen MR) is 85.0 cm³/mol. The van der Waals surface area contributed by atoms with Gasteiger partial charge in [-0.05, 0) is 32.1 Å². The summed E-state index contributed by atoms with van der Waals surface area (Å²) in [6, 6.07) is 0.647. The number of amides is 2. The number of carbonyl (C=O) groups is 2. The van der Waals surface area contributed by atoms with E-state index in [1.165, 1.54) is 19.3 Å². The molecule has 0 aromatic rings. The number of fused-ring (bicyclic) bond motifs is 2. The molecule has 2 atom stereocenters. The van der Waals surface area contributed by atoms with Crippen molar-refractivity contribution in [1.82, 2.24) is 14.7 Å². The molecule has 1 aliphatic carbocycles. The first-order valence-corrected chi connectivity index (χ1v) is 9.08. The average Bonchev–Trinajstić information content (AvgIpc) is 3.23. The summed E-state index contributed by atoms with van der Waals surface area (Å²) in [5, 5.41) is 0. The van der Waals surface area contributed by atoms with Crippen molar-refractivity contribution < 1.29 is 14.3 Å². The SMILES string of the molecule is CCN1CC2(CCN(C(=O)CN3C[C@@H]4CC[C@H]3C4)CC2)OC1=O. The second-order valence-electron chi connectivity index (χ2n) is 7.71. The van der Waals surface area contributed by atoms with E-state index in [9.17, 15) is 9.59 Å². The molecule has 128 valence electrons. The van der Waals surface area contributed by atoms with Crippen LogP contribution in [0.4, 0.5) is 4.79 Å². The molecule has 2 amide bonds. The molecule has 0 unspecified atom stereocenters. The van der Waals surface area contributed by atoms with E-state index in [0.717, 1.165) is 25.3 Å². The van der Waals surface area contributed by atoms with Crippen molar-refractivity contribution in [2.45, 2.75) is 50.7 Å². The van der Waals surface area contributed by atoms with Gasteiger partial charge >= 0.3 is 6.09 Å². The predicted octanol–water partition coefficient (Wildman–Crippen LogP) is 1.30. The number of hydrogen-bond acceptors (Lipinski definition) is 4. The fourth-order valence-corrected chi connectivity index (χ4v) is 4.85. The van der Waals surface area contributed by atoms with Gasteiger partial charge in [-0.15, -0.1) is 0 Å². The topological polar surface area (TPSA) is 53.1 Å². The fraction of sp³-hybridized carbons (Fsp3) is 0.882. The van der Waals surface area contributed by atoms with Gasteiger partial charge in [0.25, 0.3) is 0 Å². The summed E-state index contributed by atoms with van der Waals surface area (Å²) in [7, 11) is 0. The molecule has 23 heavy (non-hydrogen) atoms. The van der Waals surface area contributed by atoms with E-state index < -0.39 is 0 Å². The molecule has 0 aromatic carbocycles. The van der Waals surface area contributed by atoms with E-state index in [1.54, 1.807) is 4.90 Å². The molecule has 0 radical (unpaired) electrons. The molecule has 4 rings (SSSR count). The molecule has 2 bridgehead atoms. The lowest BCUT2D eigenvalue weighted by molar-refractivity contribution is -0.136. The molecule has 6 heteroatoms. The minimum absolute atomic E-state index is 0.194. The highest BCUT2D eigenvalue weighted by Crippen LogP contribution is 2.37. The van der Waals surface area contributed by atoms with Gasteiger partial charge in [-0.2, -0.15) is 0 Å². The first kappa shape index (κ1) is 15.2. The molecular formula is C17H27N3O3. The largest absolute Gasteiger partial charge is 0.441 e. The summed E-state index contributed by atoms with van der Waals surface area (Å²) in [5.41, 5.74) is -0.351. The number of ether oxygens (including phenoxy) is 1. The molecule has 0 aromatic heterocycles. The van der Waals surface area contributed by atoms with E-state index in [0.29, 0.717) is 38.8 Å². The van der Waals surface area contributed by atoms with Crippen LogP contribution in [0, 0.1) is 5.92 Å². The zero-order valence-corrected chi connectivity index (χ0v) is 14.0. The number of nitrogens with zero attached hydrogens (tertiary/aromatic N) is 3. The lowest BCUT2D eigenvalue weighted by Gasteiger charge is -2.38. The number of carbonyl (C=O) groups excluding carboxylic acids is 2. The lowest BCUT2D eigenvalue weighted by Crippen LogP contribution is -2.51. The van der Waals surface area contributed by atoms with E-state index in [-0.39, 0.29) is 17.6 Å². The van der Waals surface area contributed by atoms with Gasteiger partial charge in [0.15, 0.2) is 0 Å². The van der Waals surface area contributed by atoms with Crippen LogP contribution in [0.15, 0.2) is 0 Å². The summed E-state index contributed by atoms with van der Waals surface area (Å²) in [6.07, 6.45) is 5.25. The van der Waals surface area contributed by atoms with E-state index >= 15 is 0 Å². The highest BCUT2D eigenvalue weighted by atomic mass is 16.6. The minimum atomic E-state index is -0.351. The highest BCUT2D eigenvalue weighted by molar-refractivity contribution is 5.78. The van der Waals surface area contributed by atoms with Crippen molar-refractivity contribution in [2.24, 2.45) is 5.92 Å². The van der Waals surface area contributed by atoms with Gasteiger partial charge in [-0.25, -0.2) is 4.79 Å². The number of likely N-dealkylation sites (N-methyl/N-ethyl adjacent to an activating group) is 1. The second kappa shape index (κ2) is 5.65. The van der Waals surface area contributed by atoms with Gasteiger partial charge in [0.05, 0.1) is 13.1 Å². The summed E-state index contributed by atoms with van der Waals surface area (Å²) < 4.78 is 5.63. The zero-order chi connectivity index (χ0) is 16.0. The Kier molecular flexibility index (Phi) is 3.75.